The van der Waals surface area contributed by atoms with Crippen molar-refractivity contribution in [3.8, 4) is 11.4 Å². The van der Waals surface area contributed by atoms with Crippen LogP contribution in [0, 0.1) is 5.92 Å². The van der Waals surface area contributed by atoms with Crippen molar-refractivity contribution < 1.29 is 4.79 Å². The van der Waals surface area contributed by atoms with Crippen molar-refractivity contribution in [2.75, 3.05) is 5.32 Å². The minimum absolute atomic E-state index is 0.0245. The first kappa shape index (κ1) is 16.8. The summed E-state index contributed by atoms with van der Waals surface area (Å²) in [5.41, 5.74) is 3.42. The van der Waals surface area contributed by atoms with Crippen LogP contribution >= 0.6 is 0 Å². The quantitative estimate of drug-likeness (QED) is 0.817. The number of nitrogens with zero attached hydrogens (tertiary/aromatic N) is 3. The van der Waals surface area contributed by atoms with E-state index in [-0.39, 0.29) is 11.8 Å². The van der Waals surface area contributed by atoms with Crippen LogP contribution < -0.4 is 5.32 Å². The summed E-state index contributed by atoms with van der Waals surface area (Å²) in [5, 5.41) is 10.9. The largest absolute Gasteiger partial charge is 0.307 e. The molecule has 2 aromatic heterocycles. The molecule has 1 aliphatic rings. The second kappa shape index (κ2) is 7.70. The molecule has 2 aromatic rings. The molecule has 0 spiro atoms. The second-order valence-corrected chi connectivity index (χ2v) is 6.09. The predicted molar refractivity (Wildman–Crippen MR) is 97.6 cm³/mol. The lowest BCUT2D eigenvalue weighted by atomic mass is 9.84. The molecule has 1 unspecified atom stereocenters. The van der Waals surface area contributed by atoms with Crippen molar-refractivity contribution in [3.05, 3.63) is 60.5 Å². The van der Waals surface area contributed by atoms with Gasteiger partial charge in [0.25, 0.3) is 0 Å². The molecule has 2 heterocycles. The lowest BCUT2D eigenvalue weighted by Gasteiger charge is -2.23. The molecule has 0 aliphatic heterocycles. The normalized spacial score (nSPS) is 17.7. The number of aromatic amines is 1. The fourth-order valence-electron chi connectivity index (χ4n) is 2.96. The number of allylic oxidation sites excluding steroid dienone is 5. The minimum atomic E-state index is -0.0460. The summed E-state index contributed by atoms with van der Waals surface area (Å²) in [6.07, 6.45) is 11.6. The number of hydrogen-bond donors (Lipinski definition) is 2. The molecule has 2 N–H and O–H groups in total. The average molecular weight is 335 g/mol. The van der Waals surface area contributed by atoms with Crippen LogP contribution in [0.5, 0.6) is 0 Å². The van der Waals surface area contributed by atoms with Crippen molar-refractivity contribution in [1.82, 2.24) is 20.2 Å². The van der Waals surface area contributed by atoms with E-state index < -0.39 is 0 Å². The SMILES string of the molecule is C=C/C=C\C1=C(C)CC(C(=O)Nc2nnc(-c3ccncc3)[nH]2)CC1. The van der Waals surface area contributed by atoms with Gasteiger partial charge in [0.15, 0.2) is 5.82 Å². The second-order valence-electron chi connectivity index (χ2n) is 6.09. The Hall–Kier alpha value is -3.02. The van der Waals surface area contributed by atoms with Gasteiger partial charge in [-0.05, 0) is 43.9 Å². The Kier molecular flexibility index (Phi) is 5.18. The summed E-state index contributed by atoms with van der Waals surface area (Å²) in [7, 11) is 0. The molecule has 1 atom stereocenters. The Balaban J connectivity index is 1.64. The van der Waals surface area contributed by atoms with Crippen molar-refractivity contribution >= 4 is 11.9 Å². The Morgan fingerprint density at radius 3 is 2.88 bits per heavy atom. The van der Waals surface area contributed by atoms with E-state index in [2.05, 4.69) is 45.1 Å². The lowest BCUT2D eigenvalue weighted by Crippen LogP contribution is -2.26. The average Bonchev–Trinajstić information content (AvgIpc) is 3.10. The molecule has 0 fully saturated rings. The number of rotatable bonds is 5. The van der Waals surface area contributed by atoms with Crippen molar-refractivity contribution in [2.45, 2.75) is 26.2 Å². The first-order valence-electron chi connectivity index (χ1n) is 8.29. The third-order valence-corrected chi connectivity index (χ3v) is 4.35. The van der Waals surface area contributed by atoms with Crippen LogP contribution in [0.2, 0.25) is 0 Å². The number of hydrogen-bond acceptors (Lipinski definition) is 4. The molecule has 6 heteroatoms. The first-order valence-corrected chi connectivity index (χ1v) is 8.29. The van der Waals surface area contributed by atoms with Crippen LogP contribution in [0.4, 0.5) is 5.95 Å². The highest BCUT2D eigenvalue weighted by molar-refractivity contribution is 5.91. The third kappa shape index (κ3) is 4.09. The summed E-state index contributed by atoms with van der Waals surface area (Å²) in [6, 6.07) is 3.67. The molecular weight excluding hydrogens is 314 g/mol. The Morgan fingerprint density at radius 1 is 1.36 bits per heavy atom. The lowest BCUT2D eigenvalue weighted by molar-refractivity contribution is -0.120. The molecule has 0 saturated heterocycles. The van der Waals surface area contributed by atoms with Crippen LogP contribution in [0.3, 0.4) is 0 Å². The van der Waals surface area contributed by atoms with Crippen LogP contribution in [-0.2, 0) is 4.79 Å². The fourth-order valence-corrected chi connectivity index (χ4v) is 2.96. The van der Waals surface area contributed by atoms with Gasteiger partial charge in [0.05, 0.1) is 0 Å². The van der Waals surface area contributed by atoms with Crippen LogP contribution in [0.25, 0.3) is 11.4 Å². The first-order chi connectivity index (χ1) is 12.2. The van der Waals surface area contributed by atoms with Gasteiger partial charge in [0.2, 0.25) is 11.9 Å². The summed E-state index contributed by atoms with van der Waals surface area (Å²) in [5.74, 6) is 0.906. The van der Waals surface area contributed by atoms with Gasteiger partial charge in [0, 0.05) is 23.9 Å². The number of H-pyrrole nitrogens is 1. The minimum Gasteiger partial charge on any atom is -0.307 e. The van der Waals surface area contributed by atoms with Crippen LogP contribution in [0.15, 0.2) is 60.5 Å². The van der Waals surface area contributed by atoms with Gasteiger partial charge in [-0.3, -0.25) is 15.1 Å². The summed E-state index contributed by atoms with van der Waals surface area (Å²) in [6.45, 7) is 5.77. The Bertz CT molecular complexity index is 819. The van der Waals surface area contributed by atoms with Crippen LogP contribution in [-0.4, -0.2) is 26.1 Å². The topological polar surface area (TPSA) is 83.6 Å². The smallest absolute Gasteiger partial charge is 0.230 e. The van der Waals surface area contributed by atoms with Crippen LogP contribution in [0.1, 0.15) is 26.2 Å². The Morgan fingerprint density at radius 2 is 2.16 bits per heavy atom. The summed E-state index contributed by atoms with van der Waals surface area (Å²) >= 11 is 0. The van der Waals surface area contributed by atoms with Gasteiger partial charge in [-0.1, -0.05) is 30.4 Å². The standard InChI is InChI=1S/C19H21N5O/c1-3-4-5-14-6-7-16(12-13(14)2)18(25)22-19-21-17(23-24-19)15-8-10-20-11-9-15/h3-5,8-11,16H,1,6-7,12H2,2H3,(H2,21,22,23,24,25)/b5-4-. The number of nitrogens with one attached hydrogen (secondary N) is 2. The molecule has 3 rings (SSSR count). The monoisotopic (exact) mass is 335 g/mol. The van der Waals surface area contributed by atoms with E-state index in [1.807, 2.05) is 18.2 Å². The van der Waals surface area contributed by atoms with E-state index in [1.54, 1.807) is 18.5 Å². The number of pyridine rings is 1. The zero-order valence-corrected chi connectivity index (χ0v) is 14.2. The molecule has 0 radical (unpaired) electrons. The van der Waals surface area contributed by atoms with Gasteiger partial charge < -0.3 is 4.98 Å². The van der Waals surface area contributed by atoms with Gasteiger partial charge in [-0.15, -0.1) is 10.2 Å². The molecule has 25 heavy (non-hydrogen) atoms. The number of amides is 1. The Labute approximate surface area is 146 Å². The van der Waals surface area contributed by atoms with Gasteiger partial charge in [-0.25, -0.2) is 0 Å². The molecule has 128 valence electrons. The number of carbonyl (C=O) groups is 1. The fraction of sp³-hybridized carbons (Fsp3) is 0.263. The maximum Gasteiger partial charge on any atom is 0.230 e. The summed E-state index contributed by atoms with van der Waals surface area (Å²) < 4.78 is 0. The number of aromatic nitrogens is 4. The molecule has 0 bridgehead atoms. The van der Waals surface area contributed by atoms with E-state index in [1.165, 1.54) is 11.1 Å². The molecule has 0 aromatic carbocycles. The zero-order chi connectivity index (χ0) is 17.6. The molecule has 1 amide bonds. The zero-order valence-electron chi connectivity index (χ0n) is 14.2. The van der Waals surface area contributed by atoms with E-state index in [0.29, 0.717) is 11.8 Å². The maximum atomic E-state index is 12.5. The van der Waals surface area contributed by atoms with Crippen molar-refractivity contribution in [1.29, 1.82) is 0 Å². The van der Waals surface area contributed by atoms with E-state index in [9.17, 15) is 4.79 Å². The molecular formula is C19H21N5O. The molecule has 0 saturated carbocycles. The number of carbonyl (C=O) groups excluding carboxylic acids is 1. The maximum absolute atomic E-state index is 12.5. The van der Waals surface area contributed by atoms with Gasteiger partial charge in [-0.2, -0.15) is 0 Å². The molecule has 6 nitrogen and oxygen atoms in total. The summed E-state index contributed by atoms with van der Waals surface area (Å²) in [4.78, 5) is 19.5. The van der Waals surface area contributed by atoms with E-state index >= 15 is 0 Å². The van der Waals surface area contributed by atoms with Gasteiger partial charge >= 0.3 is 0 Å². The predicted octanol–water partition coefficient (Wildman–Crippen LogP) is 3.66. The highest BCUT2D eigenvalue weighted by Crippen LogP contribution is 2.30. The highest BCUT2D eigenvalue weighted by atomic mass is 16.2. The van der Waals surface area contributed by atoms with Crippen molar-refractivity contribution in [2.24, 2.45) is 5.92 Å². The van der Waals surface area contributed by atoms with E-state index in [0.717, 1.165) is 24.8 Å². The van der Waals surface area contributed by atoms with Crippen molar-refractivity contribution in [3.63, 3.8) is 0 Å². The third-order valence-electron chi connectivity index (χ3n) is 4.35. The number of anilines is 1. The highest BCUT2D eigenvalue weighted by Gasteiger charge is 2.24. The van der Waals surface area contributed by atoms with Gasteiger partial charge in [0.1, 0.15) is 0 Å². The van der Waals surface area contributed by atoms with E-state index in [4.69, 9.17) is 0 Å². The molecule has 1 aliphatic carbocycles.